The molecule has 1 fully saturated rings. The number of ether oxygens (including phenoxy) is 2. The summed E-state index contributed by atoms with van der Waals surface area (Å²) in [7, 11) is 1.61. The van der Waals surface area contributed by atoms with E-state index < -0.39 is 0 Å². The molecule has 1 aliphatic rings. The van der Waals surface area contributed by atoms with Crippen molar-refractivity contribution < 1.29 is 14.3 Å². The van der Waals surface area contributed by atoms with Crippen LogP contribution in [-0.2, 0) is 9.47 Å². The van der Waals surface area contributed by atoms with Gasteiger partial charge in [0.2, 0.25) is 0 Å². The molecule has 90 valence electrons. The van der Waals surface area contributed by atoms with Gasteiger partial charge in [0.1, 0.15) is 0 Å². The average molecular weight is 239 g/mol. The van der Waals surface area contributed by atoms with Crippen LogP contribution in [0, 0.1) is 0 Å². The van der Waals surface area contributed by atoms with Crippen LogP contribution in [-0.4, -0.2) is 49.9 Å². The van der Waals surface area contributed by atoms with Crippen LogP contribution in [0.2, 0.25) is 0 Å². The fourth-order valence-corrected chi connectivity index (χ4v) is 1.56. The third-order valence-electron chi connectivity index (χ3n) is 2.44. The molecule has 1 amide bonds. The smallest absolute Gasteiger partial charge is 0.409 e. The van der Waals surface area contributed by atoms with Crippen LogP contribution < -0.4 is 5.73 Å². The molecular weight excluding hydrogens is 220 g/mol. The molecule has 5 nitrogen and oxygen atoms in total. The first-order valence-electron chi connectivity index (χ1n) is 4.89. The highest BCUT2D eigenvalue weighted by Crippen LogP contribution is 2.12. The summed E-state index contributed by atoms with van der Waals surface area (Å²) in [5.41, 5.74) is 5.82. The second kappa shape index (κ2) is 6.87. The van der Waals surface area contributed by atoms with E-state index in [9.17, 15) is 4.79 Å². The van der Waals surface area contributed by atoms with Crippen molar-refractivity contribution in [1.82, 2.24) is 4.90 Å². The van der Waals surface area contributed by atoms with E-state index in [0.717, 1.165) is 6.42 Å². The molecule has 0 aromatic heterocycles. The lowest BCUT2D eigenvalue weighted by Crippen LogP contribution is -2.53. The predicted molar refractivity (Wildman–Crippen MR) is 59.2 cm³/mol. The third-order valence-corrected chi connectivity index (χ3v) is 2.44. The van der Waals surface area contributed by atoms with Gasteiger partial charge in [-0.2, -0.15) is 0 Å². The van der Waals surface area contributed by atoms with E-state index in [0.29, 0.717) is 19.7 Å². The highest BCUT2D eigenvalue weighted by atomic mass is 35.5. The fourth-order valence-electron chi connectivity index (χ4n) is 1.56. The summed E-state index contributed by atoms with van der Waals surface area (Å²) in [6.45, 7) is 3.37. The number of amides is 1. The number of hydrogen-bond acceptors (Lipinski definition) is 4. The summed E-state index contributed by atoms with van der Waals surface area (Å²) in [5.74, 6) is 0. The predicted octanol–water partition coefficient (Wildman–Crippen LogP) is 0.613. The van der Waals surface area contributed by atoms with E-state index in [-0.39, 0.29) is 30.6 Å². The first-order valence-corrected chi connectivity index (χ1v) is 4.89. The van der Waals surface area contributed by atoms with Crippen LogP contribution in [0.25, 0.3) is 0 Å². The summed E-state index contributed by atoms with van der Waals surface area (Å²) in [6.07, 6.45) is 0.409. The fraction of sp³-hybridized carbons (Fsp3) is 0.889. The number of methoxy groups -OCH3 is 1. The number of nitrogens with two attached hydrogens (primary N) is 1. The van der Waals surface area contributed by atoms with E-state index in [1.54, 1.807) is 18.9 Å². The van der Waals surface area contributed by atoms with Crippen molar-refractivity contribution in [2.24, 2.45) is 5.73 Å². The molecule has 0 saturated carbocycles. The normalized spacial score (nSPS) is 25.7. The molecule has 2 N–H and O–H groups in total. The molecule has 6 heteroatoms. The molecule has 2 atom stereocenters. The lowest BCUT2D eigenvalue weighted by molar-refractivity contribution is 0.0131. The van der Waals surface area contributed by atoms with Gasteiger partial charge in [0.05, 0.1) is 19.3 Å². The Labute approximate surface area is 96.3 Å². The summed E-state index contributed by atoms with van der Waals surface area (Å²) >= 11 is 0. The highest BCUT2D eigenvalue weighted by Gasteiger charge is 2.29. The van der Waals surface area contributed by atoms with Crippen molar-refractivity contribution in [2.75, 3.05) is 26.8 Å². The van der Waals surface area contributed by atoms with Gasteiger partial charge in [-0.3, -0.25) is 0 Å². The molecule has 0 unspecified atom stereocenters. The van der Waals surface area contributed by atoms with Crippen LogP contribution in [0.4, 0.5) is 4.79 Å². The van der Waals surface area contributed by atoms with Crippen molar-refractivity contribution in [3.63, 3.8) is 0 Å². The second-order valence-corrected chi connectivity index (χ2v) is 3.37. The Balaban J connectivity index is 0.00000196. The van der Waals surface area contributed by atoms with Crippen LogP contribution in [0.1, 0.15) is 13.3 Å². The zero-order valence-electron chi connectivity index (χ0n) is 9.14. The number of nitrogens with zero attached hydrogens (tertiary/aromatic N) is 1. The second-order valence-electron chi connectivity index (χ2n) is 3.37. The van der Waals surface area contributed by atoms with E-state index in [1.165, 1.54) is 0 Å². The lowest BCUT2D eigenvalue weighted by Gasteiger charge is -2.35. The molecule has 0 aromatic carbocycles. The summed E-state index contributed by atoms with van der Waals surface area (Å²) in [4.78, 5) is 13.0. The van der Waals surface area contributed by atoms with Crippen LogP contribution in [0.15, 0.2) is 0 Å². The van der Waals surface area contributed by atoms with Gasteiger partial charge in [-0.1, -0.05) is 0 Å². The quantitative estimate of drug-likeness (QED) is 0.766. The number of hydrogen-bond donors (Lipinski definition) is 1. The van der Waals surface area contributed by atoms with Gasteiger partial charge < -0.3 is 20.1 Å². The maximum Gasteiger partial charge on any atom is 0.409 e. The molecule has 1 saturated heterocycles. The monoisotopic (exact) mass is 238 g/mol. The summed E-state index contributed by atoms with van der Waals surface area (Å²) in [6, 6.07) is 0.0191. The Morgan fingerprint density at radius 1 is 1.60 bits per heavy atom. The molecule has 1 aliphatic heterocycles. The Hall–Kier alpha value is -0.520. The van der Waals surface area contributed by atoms with Gasteiger partial charge in [0.25, 0.3) is 0 Å². The SMILES string of the molecule is CCOC(=O)N1CC[C@H](N)[C@H](OC)C1.Cl. The van der Waals surface area contributed by atoms with Crippen LogP contribution >= 0.6 is 12.4 Å². The molecule has 0 spiro atoms. The van der Waals surface area contributed by atoms with Crippen molar-refractivity contribution >= 4 is 18.5 Å². The van der Waals surface area contributed by atoms with E-state index in [1.807, 2.05) is 0 Å². The maximum absolute atomic E-state index is 11.4. The number of piperidine rings is 1. The number of carbonyl (C=O) groups excluding carboxylic acids is 1. The third kappa shape index (κ3) is 3.85. The Kier molecular flexibility index (Phi) is 6.63. The Morgan fingerprint density at radius 2 is 2.27 bits per heavy atom. The lowest BCUT2D eigenvalue weighted by atomic mass is 10.0. The molecule has 1 rings (SSSR count). The summed E-state index contributed by atoms with van der Waals surface area (Å²) < 4.78 is 10.1. The van der Waals surface area contributed by atoms with E-state index >= 15 is 0 Å². The minimum absolute atomic E-state index is 0. The zero-order chi connectivity index (χ0) is 10.6. The molecule has 0 aromatic rings. The van der Waals surface area contributed by atoms with E-state index in [4.69, 9.17) is 15.2 Å². The minimum Gasteiger partial charge on any atom is -0.450 e. The average Bonchev–Trinajstić information content (AvgIpc) is 2.19. The van der Waals surface area contributed by atoms with Crippen LogP contribution in [0.3, 0.4) is 0 Å². The van der Waals surface area contributed by atoms with Gasteiger partial charge in [-0.05, 0) is 13.3 Å². The topological polar surface area (TPSA) is 64.8 Å². The number of likely N-dealkylation sites (tertiary alicyclic amines) is 1. The Morgan fingerprint density at radius 3 is 2.80 bits per heavy atom. The number of halogens is 1. The van der Waals surface area contributed by atoms with Gasteiger partial charge in [-0.15, -0.1) is 12.4 Å². The zero-order valence-corrected chi connectivity index (χ0v) is 9.96. The van der Waals surface area contributed by atoms with Crippen molar-refractivity contribution in [3.05, 3.63) is 0 Å². The van der Waals surface area contributed by atoms with Crippen molar-refractivity contribution in [3.8, 4) is 0 Å². The number of carbonyl (C=O) groups is 1. The molecule has 1 heterocycles. The summed E-state index contributed by atoms with van der Waals surface area (Å²) in [5, 5.41) is 0. The first-order chi connectivity index (χ1) is 6.69. The van der Waals surface area contributed by atoms with Gasteiger partial charge in [0.15, 0.2) is 0 Å². The number of rotatable bonds is 2. The molecule has 0 bridgehead atoms. The first kappa shape index (κ1) is 14.5. The highest BCUT2D eigenvalue weighted by molar-refractivity contribution is 5.85. The van der Waals surface area contributed by atoms with Crippen LogP contribution in [0.5, 0.6) is 0 Å². The van der Waals surface area contributed by atoms with Gasteiger partial charge >= 0.3 is 6.09 Å². The largest absolute Gasteiger partial charge is 0.450 e. The Bertz CT molecular complexity index is 204. The molecule has 0 radical (unpaired) electrons. The molecule has 15 heavy (non-hydrogen) atoms. The standard InChI is InChI=1S/C9H18N2O3.ClH/c1-3-14-9(12)11-5-4-7(10)8(6-11)13-2;/h7-8H,3-6,10H2,1-2H3;1H/t7-,8+;/m0./s1. The van der Waals surface area contributed by atoms with E-state index in [2.05, 4.69) is 0 Å². The molecule has 0 aliphatic carbocycles. The maximum atomic E-state index is 11.4. The van der Waals surface area contributed by atoms with Crippen molar-refractivity contribution in [1.29, 1.82) is 0 Å². The van der Waals surface area contributed by atoms with Crippen molar-refractivity contribution in [2.45, 2.75) is 25.5 Å². The van der Waals surface area contributed by atoms with Gasteiger partial charge in [0, 0.05) is 19.7 Å². The molecular formula is C9H19ClN2O3. The minimum atomic E-state index is -0.276. The van der Waals surface area contributed by atoms with Gasteiger partial charge in [-0.25, -0.2) is 4.79 Å².